The Balaban J connectivity index is 2.35. The van der Waals surface area contributed by atoms with Gasteiger partial charge in [-0.25, -0.2) is 0 Å². The lowest BCUT2D eigenvalue weighted by atomic mass is 10.1. The molecule has 0 bridgehead atoms. The number of aromatic nitrogens is 1. The molecule has 0 radical (unpaired) electrons. The summed E-state index contributed by atoms with van der Waals surface area (Å²) >= 11 is 5.82. The Labute approximate surface area is 137 Å². The van der Waals surface area contributed by atoms with Crippen LogP contribution < -0.4 is 5.32 Å². The Kier molecular flexibility index (Phi) is 5.33. The van der Waals surface area contributed by atoms with E-state index in [1.54, 1.807) is 24.3 Å². The fourth-order valence-electron chi connectivity index (χ4n) is 1.97. The standard InChI is InChI=1S/C15H16ClN3O4/c1-9(2)7-8-17-15(20)12-13(23-18-14(12)19(21)22)10-3-5-11(16)6-4-10/h3-6,9H,7-8H2,1-2H3,(H,17,20). The molecule has 0 aliphatic rings. The van der Waals surface area contributed by atoms with Gasteiger partial charge in [0, 0.05) is 17.1 Å². The normalized spacial score (nSPS) is 10.8. The summed E-state index contributed by atoms with van der Waals surface area (Å²) in [4.78, 5) is 22.7. The van der Waals surface area contributed by atoms with Crippen molar-refractivity contribution in [3.05, 3.63) is 45.0 Å². The molecule has 2 rings (SSSR count). The number of halogens is 1. The van der Waals surface area contributed by atoms with Gasteiger partial charge in [-0.15, -0.1) is 0 Å². The number of carbonyl (C=O) groups is 1. The van der Waals surface area contributed by atoms with Crippen LogP contribution >= 0.6 is 11.6 Å². The molecule has 1 heterocycles. The van der Waals surface area contributed by atoms with Crippen LogP contribution in [0.25, 0.3) is 11.3 Å². The van der Waals surface area contributed by atoms with Gasteiger partial charge < -0.3 is 15.4 Å². The Morgan fingerprint density at radius 1 is 1.39 bits per heavy atom. The first-order valence-electron chi connectivity index (χ1n) is 7.08. The van der Waals surface area contributed by atoms with Gasteiger partial charge in [0.15, 0.2) is 10.7 Å². The minimum atomic E-state index is -0.736. The molecule has 0 aliphatic carbocycles. The van der Waals surface area contributed by atoms with Crippen molar-refractivity contribution >= 4 is 23.3 Å². The van der Waals surface area contributed by atoms with E-state index >= 15 is 0 Å². The first kappa shape index (κ1) is 17.0. The molecule has 8 heteroatoms. The Morgan fingerprint density at radius 3 is 2.61 bits per heavy atom. The molecule has 2 aromatic rings. The highest BCUT2D eigenvalue weighted by atomic mass is 35.5. The van der Waals surface area contributed by atoms with Gasteiger partial charge in [0.05, 0.1) is 0 Å². The predicted molar refractivity (Wildman–Crippen MR) is 85.4 cm³/mol. The summed E-state index contributed by atoms with van der Waals surface area (Å²) in [5.74, 6) is -0.723. The van der Waals surface area contributed by atoms with E-state index in [2.05, 4.69) is 10.5 Å². The molecule has 1 N–H and O–H groups in total. The summed E-state index contributed by atoms with van der Waals surface area (Å²) in [6.07, 6.45) is 0.765. The first-order chi connectivity index (χ1) is 10.9. The summed E-state index contributed by atoms with van der Waals surface area (Å²) in [6.45, 7) is 4.46. The van der Waals surface area contributed by atoms with Crippen LogP contribution in [-0.2, 0) is 0 Å². The lowest BCUT2D eigenvalue weighted by molar-refractivity contribution is -0.391. The Hall–Kier alpha value is -2.41. The van der Waals surface area contributed by atoms with Gasteiger partial charge in [-0.2, -0.15) is 0 Å². The fraction of sp³-hybridized carbons (Fsp3) is 0.333. The topological polar surface area (TPSA) is 98.3 Å². The number of rotatable bonds is 6. The molecule has 23 heavy (non-hydrogen) atoms. The molecule has 0 spiro atoms. The molecule has 1 aromatic heterocycles. The van der Waals surface area contributed by atoms with E-state index in [0.29, 0.717) is 23.0 Å². The van der Waals surface area contributed by atoms with Gasteiger partial charge in [-0.3, -0.25) is 9.32 Å². The zero-order chi connectivity index (χ0) is 17.0. The number of hydrogen-bond acceptors (Lipinski definition) is 5. The van der Waals surface area contributed by atoms with Crippen LogP contribution in [0.3, 0.4) is 0 Å². The zero-order valence-electron chi connectivity index (χ0n) is 12.7. The molecular formula is C15H16ClN3O4. The lowest BCUT2D eigenvalue weighted by Gasteiger charge is -2.06. The fourth-order valence-corrected chi connectivity index (χ4v) is 2.10. The zero-order valence-corrected chi connectivity index (χ0v) is 13.5. The number of hydrogen-bond donors (Lipinski definition) is 1. The third-order valence-corrected chi connectivity index (χ3v) is 3.44. The molecule has 122 valence electrons. The van der Waals surface area contributed by atoms with E-state index in [-0.39, 0.29) is 11.3 Å². The average molecular weight is 338 g/mol. The summed E-state index contributed by atoms with van der Waals surface area (Å²) < 4.78 is 5.04. The van der Waals surface area contributed by atoms with E-state index in [1.165, 1.54) is 0 Å². The van der Waals surface area contributed by atoms with Gasteiger partial charge in [-0.1, -0.05) is 25.4 Å². The number of nitrogens with one attached hydrogen (secondary N) is 1. The molecule has 0 unspecified atom stereocenters. The molecule has 0 saturated heterocycles. The van der Waals surface area contributed by atoms with Crippen LogP contribution in [0.1, 0.15) is 30.6 Å². The minimum absolute atomic E-state index is 0.0513. The maximum atomic E-state index is 12.3. The maximum absolute atomic E-state index is 12.3. The summed E-state index contributed by atoms with van der Waals surface area (Å²) in [6, 6.07) is 6.42. The van der Waals surface area contributed by atoms with Gasteiger partial charge in [0.2, 0.25) is 5.76 Å². The highest BCUT2D eigenvalue weighted by Gasteiger charge is 2.32. The smallest absolute Gasteiger partial charge is 0.358 e. The van der Waals surface area contributed by atoms with Gasteiger partial charge in [0.25, 0.3) is 5.91 Å². The van der Waals surface area contributed by atoms with Crippen molar-refractivity contribution in [3.63, 3.8) is 0 Å². The van der Waals surface area contributed by atoms with Crippen molar-refractivity contribution in [2.75, 3.05) is 6.54 Å². The molecule has 0 aliphatic heterocycles. The number of benzene rings is 1. The van der Waals surface area contributed by atoms with Crippen molar-refractivity contribution in [3.8, 4) is 11.3 Å². The molecule has 1 amide bonds. The largest absolute Gasteiger partial charge is 0.427 e. The van der Waals surface area contributed by atoms with Crippen LogP contribution in [0.5, 0.6) is 0 Å². The third kappa shape index (κ3) is 4.07. The van der Waals surface area contributed by atoms with Crippen LogP contribution in [0.2, 0.25) is 5.02 Å². The predicted octanol–water partition coefficient (Wildman–Crippen LogP) is 3.68. The first-order valence-corrected chi connectivity index (χ1v) is 7.46. The number of nitro groups is 1. The third-order valence-electron chi connectivity index (χ3n) is 3.19. The maximum Gasteiger partial charge on any atom is 0.427 e. The van der Waals surface area contributed by atoms with Gasteiger partial charge >= 0.3 is 5.82 Å². The number of carbonyl (C=O) groups excluding carboxylic acids is 1. The summed E-state index contributed by atoms with van der Waals surface area (Å²) in [7, 11) is 0. The van der Waals surface area contributed by atoms with Crippen molar-refractivity contribution in [1.29, 1.82) is 0 Å². The Morgan fingerprint density at radius 2 is 2.04 bits per heavy atom. The number of nitrogens with zero attached hydrogens (tertiary/aromatic N) is 2. The summed E-state index contributed by atoms with van der Waals surface area (Å²) in [5.41, 5.74) is 0.310. The monoisotopic (exact) mass is 337 g/mol. The van der Waals surface area contributed by atoms with Crippen molar-refractivity contribution in [1.82, 2.24) is 10.5 Å². The van der Waals surface area contributed by atoms with Crippen molar-refractivity contribution in [2.45, 2.75) is 20.3 Å². The molecule has 0 saturated carbocycles. The molecule has 1 aromatic carbocycles. The van der Waals surface area contributed by atoms with E-state index < -0.39 is 16.6 Å². The number of amides is 1. The molecular weight excluding hydrogens is 322 g/mol. The highest BCUT2D eigenvalue weighted by Crippen LogP contribution is 2.31. The van der Waals surface area contributed by atoms with Gasteiger partial charge in [0.1, 0.15) is 0 Å². The molecule has 7 nitrogen and oxygen atoms in total. The van der Waals surface area contributed by atoms with Crippen molar-refractivity contribution in [2.24, 2.45) is 5.92 Å². The average Bonchev–Trinajstić information content (AvgIpc) is 2.92. The van der Waals surface area contributed by atoms with E-state index in [1.807, 2.05) is 13.8 Å². The highest BCUT2D eigenvalue weighted by molar-refractivity contribution is 6.30. The molecule has 0 atom stereocenters. The lowest BCUT2D eigenvalue weighted by Crippen LogP contribution is -2.26. The summed E-state index contributed by atoms with van der Waals surface area (Å²) in [5, 5.41) is 17.7. The second kappa shape index (κ2) is 7.23. The van der Waals surface area contributed by atoms with Crippen molar-refractivity contribution < 1.29 is 14.2 Å². The van der Waals surface area contributed by atoms with E-state index in [4.69, 9.17) is 16.1 Å². The van der Waals surface area contributed by atoms with Crippen LogP contribution in [0.15, 0.2) is 28.8 Å². The van der Waals surface area contributed by atoms with Crippen LogP contribution in [0, 0.1) is 16.0 Å². The second-order valence-corrected chi connectivity index (χ2v) is 5.85. The quantitative estimate of drug-likeness (QED) is 0.640. The minimum Gasteiger partial charge on any atom is -0.358 e. The van der Waals surface area contributed by atoms with E-state index in [0.717, 1.165) is 6.42 Å². The SMILES string of the molecule is CC(C)CCNC(=O)c1c([N+](=O)[O-])noc1-c1ccc(Cl)cc1. The molecule has 0 fully saturated rings. The van der Waals surface area contributed by atoms with Crippen LogP contribution in [0.4, 0.5) is 5.82 Å². The van der Waals surface area contributed by atoms with E-state index in [9.17, 15) is 14.9 Å². The Bertz CT molecular complexity index is 710. The van der Waals surface area contributed by atoms with Gasteiger partial charge in [-0.05, 0) is 41.5 Å². The second-order valence-electron chi connectivity index (χ2n) is 5.41. The van der Waals surface area contributed by atoms with Crippen LogP contribution in [-0.4, -0.2) is 22.5 Å².